The Morgan fingerprint density at radius 1 is 1.19 bits per heavy atom. The van der Waals surface area contributed by atoms with Gasteiger partial charge in [-0.2, -0.15) is 5.26 Å². The molecular weight excluding hydrogens is 422 g/mol. The highest BCUT2D eigenvalue weighted by Crippen LogP contribution is 2.28. The van der Waals surface area contributed by atoms with Gasteiger partial charge in [0, 0.05) is 11.7 Å². The Bertz CT molecular complexity index is 1150. The molecule has 1 saturated carbocycles. The monoisotopic (exact) mass is 443 g/mol. The van der Waals surface area contributed by atoms with E-state index in [9.17, 15) is 18.0 Å². The van der Waals surface area contributed by atoms with E-state index in [0.29, 0.717) is 11.3 Å². The van der Waals surface area contributed by atoms with Crippen molar-refractivity contribution in [3.63, 3.8) is 0 Å². The van der Waals surface area contributed by atoms with Gasteiger partial charge in [-0.25, -0.2) is 17.9 Å². The third-order valence-electron chi connectivity index (χ3n) is 4.50. The van der Waals surface area contributed by atoms with E-state index < -0.39 is 28.0 Å². The van der Waals surface area contributed by atoms with Crippen LogP contribution >= 0.6 is 0 Å². The van der Waals surface area contributed by atoms with Crippen LogP contribution in [0.3, 0.4) is 0 Å². The molecular formula is C21H21N3O6S. The largest absolute Gasteiger partial charge is 0.495 e. The lowest BCUT2D eigenvalue weighted by Gasteiger charge is -2.15. The Hall–Kier alpha value is -3.42. The van der Waals surface area contributed by atoms with Crippen LogP contribution in [0.15, 0.2) is 47.4 Å². The Balaban J connectivity index is 1.72. The van der Waals surface area contributed by atoms with Crippen molar-refractivity contribution < 1.29 is 27.5 Å². The Labute approximate surface area is 180 Å². The van der Waals surface area contributed by atoms with Crippen molar-refractivity contribution in [2.45, 2.75) is 36.8 Å². The van der Waals surface area contributed by atoms with E-state index in [1.54, 1.807) is 18.2 Å². The maximum Gasteiger partial charge on any atom is 0.338 e. The number of rotatable bonds is 8. The van der Waals surface area contributed by atoms with Crippen molar-refractivity contribution >= 4 is 27.6 Å². The molecule has 0 heterocycles. The minimum absolute atomic E-state index is 0.0388. The lowest BCUT2D eigenvalue weighted by molar-refractivity contribution is -0.123. The average molecular weight is 443 g/mol. The van der Waals surface area contributed by atoms with Crippen molar-refractivity contribution in [2.75, 3.05) is 12.4 Å². The molecule has 0 spiro atoms. The van der Waals surface area contributed by atoms with E-state index >= 15 is 0 Å². The number of hydrogen-bond donors (Lipinski definition) is 2. The highest BCUT2D eigenvalue weighted by atomic mass is 32.2. The van der Waals surface area contributed by atoms with Gasteiger partial charge in [0.15, 0.2) is 6.10 Å². The number of sulfonamides is 1. The van der Waals surface area contributed by atoms with Crippen molar-refractivity contribution in [1.82, 2.24) is 4.72 Å². The summed E-state index contributed by atoms with van der Waals surface area (Å²) in [6, 6.07) is 12.0. The quantitative estimate of drug-likeness (QED) is 0.597. The molecule has 1 aliphatic rings. The van der Waals surface area contributed by atoms with Crippen LogP contribution in [0.1, 0.15) is 35.7 Å². The molecule has 2 aromatic rings. The van der Waals surface area contributed by atoms with Gasteiger partial charge in [0.2, 0.25) is 10.0 Å². The number of carbonyl (C=O) groups is 2. The summed E-state index contributed by atoms with van der Waals surface area (Å²) in [7, 11) is -2.55. The van der Waals surface area contributed by atoms with E-state index in [0.717, 1.165) is 18.9 Å². The third-order valence-corrected chi connectivity index (χ3v) is 6.04. The lowest BCUT2D eigenvalue weighted by atomic mass is 10.2. The number of benzene rings is 2. The number of amides is 1. The number of nitrogens with one attached hydrogen (secondary N) is 2. The number of nitrogens with zero attached hydrogens (tertiary/aromatic N) is 1. The normalized spacial score (nSPS) is 14.2. The molecule has 0 aliphatic heterocycles. The molecule has 1 atom stereocenters. The topological polar surface area (TPSA) is 135 Å². The highest BCUT2D eigenvalue weighted by Gasteiger charge is 2.31. The van der Waals surface area contributed by atoms with Crippen molar-refractivity contribution in [3.8, 4) is 11.8 Å². The molecule has 1 aliphatic carbocycles. The summed E-state index contributed by atoms with van der Waals surface area (Å²) in [5.41, 5.74) is 0.716. The van der Waals surface area contributed by atoms with E-state index in [4.69, 9.17) is 14.7 Å². The Kier molecular flexibility index (Phi) is 6.58. The molecule has 162 valence electrons. The van der Waals surface area contributed by atoms with Gasteiger partial charge < -0.3 is 14.8 Å². The third kappa shape index (κ3) is 5.59. The van der Waals surface area contributed by atoms with Crippen molar-refractivity contribution in [3.05, 3.63) is 53.6 Å². The summed E-state index contributed by atoms with van der Waals surface area (Å²) < 4.78 is 38.0. The van der Waals surface area contributed by atoms with Crippen LogP contribution in [0, 0.1) is 11.3 Å². The number of carbonyl (C=O) groups excluding carboxylic acids is 2. The summed E-state index contributed by atoms with van der Waals surface area (Å²) >= 11 is 0. The molecule has 31 heavy (non-hydrogen) atoms. The number of nitriles is 1. The predicted octanol–water partition coefficient (Wildman–Crippen LogP) is 2.19. The first-order valence-corrected chi connectivity index (χ1v) is 10.9. The van der Waals surface area contributed by atoms with Gasteiger partial charge in [0.25, 0.3) is 5.91 Å². The van der Waals surface area contributed by atoms with Gasteiger partial charge in [-0.1, -0.05) is 6.07 Å². The van der Waals surface area contributed by atoms with Gasteiger partial charge in [-0.05, 0) is 56.2 Å². The van der Waals surface area contributed by atoms with Crippen LogP contribution in [0.4, 0.5) is 5.69 Å². The van der Waals surface area contributed by atoms with Crippen LogP contribution in [-0.4, -0.2) is 39.5 Å². The smallest absolute Gasteiger partial charge is 0.338 e. The van der Waals surface area contributed by atoms with Gasteiger partial charge in [-0.3, -0.25) is 4.79 Å². The second kappa shape index (κ2) is 9.16. The van der Waals surface area contributed by atoms with Gasteiger partial charge in [-0.15, -0.1) is 0 Å². The summed E-state index contributed by atoms with van der Waals surface area (Å²) in [5.74, 6) is -1.37. The first-order chi connectivity index (χ1) is 14.7. The van der Waals surface area contributed by atoms with Gasteiger partial charge in [0.05, 0.1) is 24.3 Å². The summed E-state index contributed by atoms with van der Waals surface area (Å²) in [6.45, 7) is 1.39. The molecule has 0 unspecified atom stereocenters. The molecule has 2 N–H and O–H groups in total. The minimum atomic E-state index is -3.88. The predicted molar refractivity (Wildman–Crippen MR) is 111 cm³/mol. The molecule has 0 aromatic heterocycles. The number of ether oxygens (including phenoxy) is 2. The van der Waals surface area contributed by atoms with E-state index in [2.05, 4.69) is 10.0 Å². The van der Waals surface area contributed by atoms with Crippen LogP contribution < -0.4 is 14.8 Å². The van der Waals surface area contributed by atoms with Crippen LogP contribution in [0.2, 0.25) is 0 Å². The number of esters is 1. The summed E-state index contributed by atoms with van der Waals surface area (Å²) in [6.07, 6.45) is 0.352. The fraction of sp³-hybridized carbons (Fsp3) is 0.286. The molecule has 0 radical (unpaired) electrons. The molecule has 9 nitrogen and oxygen atoms in total. The molecule has 1 fully saturated rings. The van der Waals surface area contributed by atoms with Crippen LogP contribution in [-0.2, 0) is 19.6 Å². The van der Waals surface area contributed by atoms with E-state index in [-0.39, 0.29) is 22.3 Å². The molecule has 1 amide bonds. The SMILES string of the molecule is COc1ccc(C(=O)O[C@H](C)C(=O)Nc2cccc(C#N)c2)cc1S(=O)(=O)NC1CC1. The van der Waals surface area contributed by atoms with Crippen LogP contribution in [0.25, 0.3) is 0 Å². The standard InChI is InChI=1S/C21H21N3O6S/c1-13(20(25)23-17-5-3-4-14(10-17)12-22)30-21(26)15-6-9-18(29-2)19(11-15)31(27,28)24-16-7-8-16/h3-6,9-11,13,16,24H,7-8H2,1-2H3,(H,23,25)/t13-/m1/s1. The van der Waals surface area contributed by atoms with Gasteiger partial charge in [0.1, 0.15) is 10.6 Å². The first-order valence-electron chi connectivity index (χ1n) is 9.46. The first kappa shape index (κ1) is 22.3. The number of anilines is 1. The Morgan fingerprint density at radius 3 is 2.58 bits per heavy atom. The fourth-order valence-electron chi connectivity index (χ4n) is 2.69. The van der Waals surface area contributed by atoms with Crippen molar-refractivity contribution in [2.24, 2.45) is 0 Å². The fourth-order valence-corrected chi connectivity index (χ4v) is 4.19. The zero-order chi connectivity index (χ0) is 22.6. The molecule has 0 saturated heterocycles. The van der Waals surface area contributed by atoms with E-state index in [1.165, 1.54) is 32.2 Å². The number of hydrogen-bond acceptors (Lipinski definition) is 7. The minimum Gasteiger partial charge on any atom is -0.495 e. The van der Waals surface area contributed by atoms with Gasteiger partial charge >= 0.3 is 5.97 Å². The zero-order valence-corrected chi connectivity index (χ0v) is 17.7. The maximum atomic E-state index is 12.6. The summed E-state index contributed by atoms with van der Waals surface area (Å²) in [5, 5.41) is 11.5. The summed E-state index contributed by atoms with van der Waals surface area (Å²) in [4.78, 5) is 24.7. The molecule has 3 rings (SSSR count). The molecule has 2 aromatic carbocycles. The highest BCUT2D eigenvalue weighted by molar-refractivity contribution is 7.89. The zero-order valence-electron chi connectivity index (χ0n) is 16.9. The second-order valence-electron chi connectivity index (χ2n) is 6.99. The second-order valence-corrected chi connectivity index (χ2v) is 8.67. The lowest BCUT2D eigenvalue weighted by Crippen LogP contribution is -2.30. The number of methoxy groups -OCH3 is 1. The molecule has 10 heteroatoms. The molecule has 0 bridgehead atoms. The van der Waals surface area contributed by atoms with E-state index in [1.807, 2.05) is 6.07 Å². The van der Waals surface area contributed by atoms with Crippen molar-refractivity contribution in [1.29, 1.82) is 5.26 Å². The maximum absolute atomic E-state index is 12.6. The average Bonchev–Trinajstić information content (AvgIpc) is 3.56. The van der Waals surface area contributed by atoms with Crippen LogP contribution in [0.5, 0.6) is 5.75 Å². The Morgan fingerprint density at radius 2 is 1.94 bits per heavy atom.